The second-order valence-electron chi connectivity index (χ2n) is 6.21. The fourth-order valence-electron chi connectivity index (χ4n) is 3.24. The lowest BCUT2D eigenvalue weighted by molar-refractivity contribution is -0.119. The van der Waals surface area contributed by atoms with Crippen LogP contribution in [0.25, 0.3) is 0 Å². The van der Waals surface area contributed by atoms with E-state index in [0.29, 0.717) is 24.5 Å². The van der Waals surface area contributed by atoms with Crippen LogP contribution in [0.5, 0.6) is 5.88 Å². The minimum atomic E-state index is -0.0986. The van der Waals surface area contributed by atoms with Gasteiger partial charge in [0.2, 0.25) is 11.8 Å². The van der Waals surface area contributed by atoms with Gasteiger partial charge in [-0.3, -0.25) is 14.6 Å². The van der Waals surface area contributed by atoms with Crippen LogP contribution >= 0.6 is 0 Å². The van der Waals surface area contributed by atoms with Gasteiger partial charge in [-0.15, -0.1) is 0 Å². The first-order valence-electron chi connectivity index (χ1n) is 8.59. The van der Waals surface area contributed by atoms with E-state index < -0.39 is 0 Å². The van der Waals surface area contributed by atoms with Gasteiger partial charge in [0.15, 0.2) is 0 Å². The Hall–Kier alpha value is -2.96. The third-order valence-electron chi connectivity index (χ3n) is 4.45. The standard InChI is InChI=1S/C19H22N4O3/c1-13(24)22-12-15-11-14(7-9-20-15)17-6-4-10-23(17)19(25)16-5-3-8-21-18(16)26-2/h3,5,7-9,11,17H,4,6,10,12H2,1-2H3,(H,22,24). The maximum atomic E-state index is 13.0. The van der Waals surface area contributed by atoms with E-state index in [9.17, 15) is 9.59 Å². The van der Waals surface area contributed by atoms with Gasteiger partial charge in [-0.05, 0) is 42.7 Å². The molecule has 0 aromatic carbocycles. The Morgan fingerprint density at radius 3 is 2.92 bits per heavy atom. The van der Waals surface area contributed by atoms with Gasteiger partial charge in [0.25, 0.3) is 5.91 Å². The van der Waals surface area contributed by atoms with Crippen molar-refractivity contribution in [2.45, 2.75) is 32.4 Å². The molecule has 1 atom stereocenters. The van der Waals surface area contributed by atoms with Gasteiger partial charge in [0.05, 0.1) is 25.4 Å². The molecule has 1 fully saturated rings. The fraction of sp³-hybridized carbons (Fsp3) is 0.368. The third-order valence-corrected chi connectivity index (χ3v) is 4.45. The van der Waals surface area contributed by atoms with E-state index in [0.717, 1.165) is 24.1 Å². The van der Waals surface area contributed by atoms with E-state index in [1.54, 1.807) is 24.5 Å². The van der Waals surface area contributed by atoms with Gasteiger partial charge in [-0.25, -0.2) is 4.98 Å². The first-order chi connectivity index (χ1) is 12.6. The first-order valence-corrected chi connectivity index (χ1v) is 8.59. The van der Waals surface area contributed by atoms with Crippen molar-refractivity contribution in [3.63, 3.8) is 0 Å². The van der Waals surface area contributed by atoms with Crippen molar-refractivity contribution >= 4 is 11.8 Å². The first kappa shape index (κ1) is 17.8. The number of methoxy groups -OCH3 is 1. The van der Waals surface area contributed by atoms with Crippen molar-refractivity contribution in [2.75, 3.05) is 13.7 Å². The molecule has 3 rings (SSSR count). The smallest absolute Gasteiger partial charge is 0.259 e. The van der Waals surface area contributed by atoms with Crippen molar-refractivity contribution in [3.05, 3.63) is 53.5 Å². The van der Waals surface area contributed by atoms with Crippen LogP contribution < -0.4 is 10.1 Å². The van der Waals surface area contributed by atoms with Crippen LogP contribution in [-0.4, -0.2) is 40.3 Å². The summed E-state index contributed by atoms with van der Waals surface area (Å²) in [6.45, 7) is 2.54. The van der Waals surface area contributed by atoms with E-state index >= 15 is 0 Å². The van der Waals surface area contributed by atoms with Crippen LogP contribution in [0, 0.1) is 0 Å². The Morgan fingerprint density at radius 2 is 2.15 bits per heavy atom. The Balaban J connectivity index is 1.83. The van der Waals surface area contributed by atoms with E-state index in [-0.39, 0.29) is 17.9 Å². The molecule has 0 saturated carbocycles. The number of likely N-dealkylation sites (tertiary alicyclic amines) is 1. The lowest BCUT2D eigenvalue weighted by Crippen LogP contribution is -2.31. The van der Waals surface area contributed by atoms with Crippen LogP contribution in [0.2, 0.25) is 0 Å². The van der Waals surface area contributed by atoms with E-state index in [4.69, 9.17) is 4.74 Å². The zero-order valence-electron chi connectivity index (χ0n) is 14.9. The predicted octanol–water partition coefficient (Wildman–Crippen LogP) is 2.10. The van der Waals surface area contributed by atoms with Crippen LogP contribution in [0.15, 0.2) is 36.7 Å². The zero-order chi connectivity index (χ0) is 18.5. The highest BCUT2D eigenvalue weighted by atomic mass is 16.5. The lowest BCUT2D eigenvalue weighted by Gasteiger charge is -2.26. The van der Waals surface area contributed by atoms with Crippen molar-refractivity contribution < 1.29 is 14.3 Å². The largest absolute Gasteiger partial charge is 0.480 e. The van der Waals surface area contributed by atoms with Crippen LogP contribution in [0.4, 0.5) is 0 Å². The summed E-state index contributed by atoms with van der Waals surface area (Å²) in [6.07, 6.45) is 5.15. The second-order valence-corrected chi connectivity index (χ2v) is 6.21. The number of carbonyl (C=O) groups excluding carboxylic acids is 2. The third kappa shape index (κ3) is 3.82. The van der Waals surface area contributed by atoms with Crippen molar-refractivity contribution in [1.29, 1.82) is 0 Å². The van der Waals surface area contributed by atoms with Gasteiger partial charge in [-0.1, -0.05) is 0 Å². The molecule has 1 aliphatic heterocycles. The summed E-state index contributed by atoms with van der Waals surface area (Å²) in [4.78, 5) is 34.4. The molecule has 2 aromatic rings. The number of amides is 2. The summed E-state index contributed by atoms with van der Waals surface area (Å²) >= 11 is 0. The van der Waals surface area contributed by atoms with E-state index in [2.05, 4.69) is 15.3 Å². The molecule has 1 unspecified atom stereocenters. The summed E-state index contributed by atoms with van der Waals surface area (Å²) in [5.74, 6) is 0.153. The molecule has 7 heteroatoms. The molecule has 0 radical (unpaired) electrons. The summed E-state index contributed by atoms with van der Waals surface area (Å²) in [5, 5.41) is 2.75. The lowest BCUT2D eigenvalue weighted by atomic mass is 10.0. The van der Waals surface area contributed by atoms with E-state index in [1.165, 1.54) is 14.0 Å². The van der Waals surface area contributed by atoms with Crippen molar-refractivity contribution in [1.82, 2.24) is 20.2 Å². The number of hydrogen-bond donors (Lipinski definition) is 1. The Morgan fingerprint density at radius 1 is 1.31 bits per heavy atom. The molecular formula is C19H22N4O3. The van der Waals surface area contributed by atoms with Crippen LogP contribution in [0.3, 0.4) is 0 Å². The summed E-state index contributed by atoms with van der Waals surface area (Å²) < 4.78 is 5.23. The van der Waals surface area contributed by atoms with Gasteiger partial charge in [0.1, 0.15) is 5.56 Å². The minimum Gasteiger partial charge on any atom is -0.480 e. The summed E-state index contributed by atoms with van der Waals surface area (Å²) in [5.41, 5.74) is 2.26. The molecule has 1 N–H and O–H groups in total. The molecule has 7 nitrogen and oxygen atoms in total. The van der Waals surface area contributed by atoms with Gasteiger partial charge < -0.3 is 15.0 Å². The maximum absolute atomic E-state index is 13.0. The second kappa shape index (κ2) is 7.95. The number of hydrogen-bond acceptors (Lipinski definition) is 5. The molecule has 2 amide bonds. The minimum absolute atomic E-state index is 0.0218. The molecule has 3 heterocycles. The van der Waals surface area contributed by atoms with E-state index in [1.807, 2.05) is 17.0 Å². The molecule has 1 aliphatic rings. The average Bonchev–Trinajstić information content (AvgIpc) is 3.16. The van der Waals surface area contributed by atoms with Crippen molar-refractivity contribution in [3.8, 4) is 5.88 Å². The fourth-order valence-corrected chi connectivity index (χ4v) is 3.24. The Bertz CT molecular complexity index is 809. The highest BCUT2D eigenvalue weighted by Crippen LogP contribution is 2.34. The number of aromatic nitrogens is 2. The van der Waals surface area contributed by atoms with Crippen molar-refractivity contribution in [2.24, 2.45) is 0 Å². The SMILES string of the molecule is COc1ncccc1C(=O)N1CCCC1c1ccnc(CNC(C)=O)c1. The molecule has 136 valence electrons. The Labute approximate surface area is 152 Å². The van der Waals surface area contributed by atoms with Crippen LogP contribution in [0.1, 0.15) is 47.4 Å². The highest BCUT2D eigenvalue weighted by Gasteiger charge is 2.32. The number of nitrogens with zero attached hydrogens (tertiary/aromatic N) is 3. The number of ether oxygens (including phenoxy) is 1. The molecule has 26 heavy (non-hydrogen) atoms. The normalized spacial score (nSPS) is 16.4. The van der Waals surface area contributed by atoms with Crippen LogP contribution in [-0.2, 0) is 11.3 Å². The number of nitrogens with one attached hydrogen (secondary N) is 1. The van der Waals surface area contributed by atoms with Gasteiger partial charge in [-0.2, -0.15) is 0 Å². The number of carbonyl (C=O) groups is 2. The quantitative estimate of drug-likeness (QED) is 0.889. The maximum Gasteiger partial charge on any atom is 0.259 e. The zero-order valence-corrected chi connectivity index (χ0v) is 14.9. The molecule has 0 bridgehead atoms. The van der Waals surface area contributed by atoms with Gasteiger partial charge in [0, 0.05) is 25.9 Å². The Kier molecular flexibility index (Phi) is 5.46. The molecule has 0 spiro atoms. The average molecular weight is 354 g/mol. The highest BCUT2D eigenvalue weighted by molar-refractivity contribution is 5.96. The monoisotopic (exact) mass is 354 g/mol. The predicted molar refractivity (Wildman–Crippen MR) is 95.6 cm³/mol. The topological polar surface area (TPSA) is 84.4 Å². The molecule has 2 aromatic heterocycles. The summed E-state index contributed by atoms with van der Waals surface area (Å²) in [6, 6.07) is 7.32. The molecular weight excluding hydrogens is 332 g/mol. The molecule has 0 aliphatic carbocycles. The number of rotatable bonds is 5. The van der Waals surface area contributed by atoms with Gasteiger partial charge >= 0.3 is 0 Å². The number of pyridine rings is 2. The molecule has 1 saturated heterocycles. The summed E-state index contributed by atoms with van der Waals surface area (Å²) in [7, 11) is 1.51.